The Kier molecular flexibility index (Phi) is 5.64. The maximum absolute atomic E-state index is 13.2. The molecule has 8 heteroatoms. The van der Waals surface area contributed by atoms with Crippen LogP contribution in [0.15, 0.2) is 66.7 Å². The number of ether oxygens (including phenoxy) is 1. The van der Waals surface area contributed by atoms with E-state index in [0.29, 0.717) is 43.8 Å². The van der Waals surface area contributed by atoms with E-state index in [4.69, 9.17) is 4.74 Å². The van der Waals surface area contributed by atoms with Crippen molar-refractivity contribution in [3.63, 3.8) is 0 Å². The van der Waals surface area contributed by atoms with E-state index in [9.17, 15) is 9.18 Å². The Bertz CT molecular complexity index is 1260. The van der Waals surface area contributed by atoms with Gasteiger partial charge in [0.25, 0.3) is 5.91 Å². The molecule has 1 amide bonds. The van der Waals surface area contributed by atoms with Gasteiger partial charge in [-0.05, 0) is 60.2 Å². The van der Waals surface area contributed by atoms with E-state index in [1.807, 2.05) is 52.0 Å². The molecule has 33 heavy (non-hydrogen) atoms. The Morgan fingerprint density at radius 2 is 1.70 bits per heavy atom. The highest BCUT2D eigenvalue weighted by Crippen LogP contribution is 2.20. The molecule has 1 aliphatic heterocycles. The lowest BCUT2D eigenvalue weighted by Gasteiger charge is -2.36. The summed E-state index contributed by atoms with van der Waals surface area (Å²) in [5.41, 5.74) is 4.23. The van der Waals surface area contributed by atoms with Crippen molar-refractivity contribution in [2.45, 2.75) is 6.54 Å². The summed E-state index contributed by atoms with van der Waals surface area (Å²) in [5, 5.41) is 8.55. The molecule has 1 aromatic heterocycles. The van der Waals surface area contributed by atoms with Gasteiger partial charge in [0.2, 0.25) is 0 Å². The number of hydrogen-bond donors (Lipinski definition) is 0. The fourth-order valence-corrected chi connectivity index (χ4v) is 4.13. The van der Waals surface area contributed by atoms with Gasteiger partial charge in [-0.2, -0.15) is 0 Å². The van der Waals surface area contributed by atoms with Gasteiger partial charge in [-0.3, -0.25) is 4.79 Å². The van der Waals surface area contributed by atoms with E-state index < -0.39 is 0 Å². The van der Waals surface area contributed by atoms with Gasteiger partial charge in [-0.15, -0.1) is 5.10 Å². The Morgan fingerprint density at radius 3 is 2.39 bits per heavy atom. The number of amides is 1. The average Bonchev–Trinajstić information content (AvgIpc) is 3.26. The van der Waals surface area contributed by atoms with Crippen LogP contribution in [0, 0.1) is 5.82 Å². The highest BCUT2D eigenvalue weighted by molar-refractivity contribution is 5.97. The minimum absolute atomic E-state index is 0.0136. The van der Waals surface area contributed by atoms with Crippen LogP contribution < -0.4 is 9.64 Å². The number of rotatable bonds is 5. The zero-order valence-electron chi connectivity index (χ0n) is 18.3. The highest BCUT2D eigenvalue weighted by atomic mass is 19.1. The van der Waals surface area contributed by atoms with Gasteiger partial charge < -0.3 is 14.5 Å². The number of nitrogens with zero attached hydrogens (tertiary/aromatic N) is 5. The van der Waals surface area contributed by atoms with Crippen molar-refractivity contribution in [2.24, 2.45) is 0 Å². The maximum Gasteiger partial charge on any atom is 0.254 e. The minimum Gasteiger partial charge on any atom is -0.497 e. The Morgan fingerprint density at radius 1 is 0.970 bits per heavy atom. The van der Waals surface area contributed by atoms with Crippen LogP contribution in [-0.2, 0) is 6.54 Å². The Labute approximate surface area is 191 Å². The first kappa shape index (κ1) is 20.9. The Hall–Kier alpha value is -3.94. The number of piperazine rings is 1. The van der Waals surface area contributed by atoms with Crippen molar-refractivity contribution in [1.29, 1.82) is 0 Å². The molecule has 2 heterocycles. The fraction of sp³-hybridized carbons (Fsp3) is 0.240. The van der Waals surface area contributed by atoms with Crippen LogP contribution in [0.3, 0.4) is 0 Å². The standard InChI is InChI=1S/C25H24FN5O2/c1-33-22-9-2-18(3-10-22)17-31-24-11-4-19(16-23(24)27-28-31)25(32)30-14-12-29(13-15-30)21-7-5-20(26)6-8-21/h2-11,16H,12-15,17H2,1H3. The molecule has 1 saturated heterocycles. The van der Waals surface area contributed by atoms with Gasteiger partial charge in [0, 0.05) is 37.4 Å². The SMILES string of the molecule is COc1ccc(Cn2nnc3cc(C(=O)N4CCN(c5ccc(F)cc5)CC4)ccc32)cc1. The summed E-state index contributed by atoms with van der Waals surface area (Å²) < 4.78 is 20.2. The second kappa shape index (κ2) is 8.90. The van der Waals surface area contributed by atoms with Gasteiger partial charge in [-0.25, -0.2) is 9.07 Å². The van der Waals surface area contributed by atoms with E-state index in [1.54, 1.807) is 19.2 Å². The first-order chi connectivity index (χ1) is 16.1. The number of carbonyl (C=O) groups is 1. The van der Waals surface area contributed by atoms with Crippen molar-refractivity contribution in [1.82, 2.24) is 19.9 Å². The monoisotopic (exact) mass is 445 g/mol. The normalized spacial score (nSPS) is 14.0. The molecular formula is C25H24FN5O2. The van der Waals surface area contributed by atoms with E-state index in [2.05, 4.69) is 15.2 Å². The first-order valence-corrected chi connectivity index (χ1v) is 10.9. The molecule has 5 rings (SSSR count). The quantitative estimate of drug-likeness (QED) is 0.470. The van der Waals surface area contributed by atoms with Crippen molar-refractivity contribution in [2.75, 3.05) is 38.2 Å². The summed E-state index contributed by atoms with van der Waals surface area (Å²) in [4.78, 5) is 17.1. The van der Waals surface area contributed by atoms with Crippen molar-refractivity contribution in [3.05, 3.63) is 83.7 Å². The molecule has 168 valence electrons. The Balaban J connectivity index is 1.26. The van der Waals surface area contributed by atoms with Crippen molar-refractivity contribution < 1.29 is 13.9 Å². The lowest BCUT2D eigenvalue weighted by Crippen LogP contribution is -2.48. The molecule has 3 aromatic carbocycles. The number of benzene rings is 3. The second-order valence-corrected chi connectivity index (χ2v) is 8.05. The van der Waals surface area contributed by atoms with Crippen molar-refractivity contribution >= 4 is 22.6 Å². The predicted octanol–water partition coefficient (Wildman–Crippen LogP) is 3.59. The lowest BCUT2D eigenvalue weighted by molar-refractivity contribution is 0.0747. The predicted molar refractivity (Wildman–Crippen MR) is 124 cm³/mol. The summed E-state index contributed by atoms with van der Waals surface area (Å²) in [6, 6.07) is 19.8. The summed E-state index contributed by atoms with van der Waals surface area (Å²) in [6.45, 7) is 3.21. The number of fused-ring (bicyclic) bond motifs is 1. The van der Waals surface area contributed by atoms with Crippen molar-refractivity contribution in [3.8, 4) is 5.75 Å². The largest absolute Gasteiger partial charge is 0.497 e. The van der Waals surface area contributed by atoms with Crippen LogP contribution in [-0.4, -0.2) is 59.1 Å². The molecule has 4 aromatic rings. The number of aromatic nitrogens is 3. The van der Waals surface area contributed by atoms with Crippen LogP contribution in [0.25, 0.3) is 11.0 Å². The molecule has 0 aliphatic carbocycles. The molecule has 0 saturated carbocycles. The van der Waals surface area contributed by atoms with E-state index in [0.717, 1.165) is 22.5 Å². The number of hydrogen-bond acceptors (Lipinski definition) is 5. The molecule has 0 atom stereocenters. The maximum atomic E-state index is 13.2. The number of anilines is 1. The van der Waals surface area contributed by atoms with Gasteiger partial charge >= 0.3 is 0 Å². The average molecular weight is 445 g/mol. The first-order valence-electron chi connectivity index (χ1n) is 10.9. The molecule has 1 aliphatic rings. The zero-order chi connectivity index (χ0) is 22.8. The molecule has 0 radical (unpaired) electrons. The lowest BCUT2D eigenvalue weighted by atomic mass is 10.1. The van der Waals surface area contributed by atoms with Crippen LogP contribution in [0.2, 0.25) is 0 Å². The van der Waals surface area contributed by atoms with E-state index >= 15 is 0 Å². The smallest absolute Gasteiger partial charge is 0.254 e. The third-order valence-electron chi connectivity index (χ3n) is 6.01. The minimum atomic E-state index is -0.246. The second-order valence-electron chi connectivity index (χ2n) is 8.05. The summed E-state index contributed by atoms with van der Waals surface area (Å²) in [7, 11) is 1.64. The summed E-state index contributed by atoms with van der Waals surface area (Å²) in [5.74, 6) is 0.549. The molecular weight excluding hydrogens is 421 g/mol. The molecule has 0 bridgehead atoms. The van der Waals surface area contributed by atoms with Crippen LogP contribution in [0.4, 0.5) is 10.1 Å². The highest BCUT2D eigenvalue weighted by Gasteiger charge is 2.23. The van der Waals surface area contributed by atoms with Gasteiger partial charge in [0.1, 0.15) is 17.1 Å². The van der Waals surface area contributed by atoms with E-state index in [1.165, 1.54) is 12.1 Å². The third kappa shape index (κ3) is 4.37. The van der Waals surface area contributed by atoms with Crippen LogP contribution in [0.1, 0.15) is 15.9 Å². The molecule has 0 spiro atoms. The number of halogens is 1. The van der Waals surface area contributed by atoms with Gasteiger partial charge in [0.05, 0.1) is 19.2 Å². The van der Waals surface area contributed by atoms with Crippen LogP contribution in [0.5, 0.6) is 5.75 Å². The summed E-state index contributed by atoms with van der Waals surface area (Å²) in [6.07, 6.45) is 0. The fourth-order valence-electron chi connectivity index (χ4n) is 4.13. The molecule has 7 nitrogen and oxygen atoms in total. The number of methoxy groups -OCH3 is 1. The summed E-state index contributed by atoms with van der Waals surface area (Å²) >= 11 is 0. The van der Waals surface area contributed by atoms with Gasteiger partial charge in [0.15, 0.2) is 0 Å². The zero-order valence-corrected chi connectivity index (χ0v) is 18.3. The van der Waals surface area contributed by atoms with Gasteiger partial charge in [-0.1, -0.05) is 17.3 Å². The third-order valence-corrected chi connectivity index (χ3v) is 6.01. The number of carbonyl (C=O) groups excluding carboxylic acids is 1. The van der Waals surface area contributed by atoms with Crippen LogP contribution >= 0.6 is 0 Å². The molecule has 1 fully saturated rings. The van der Waals surface area contributed by atoms with E-state index in [-0.39, 0.29) is 11.7 Å². The molecule has 0 N–H and O–H groups in total. The topological polar surface area (TPSA) is 63.5 Å². The molecule has 0 unspecified atom stereocenters.